The van der Waals surface area contributed by atoms with Crippen molar-refractivity contribution in [2.45, 2.75) is 18.8 Å². The first-order valence-electron chi connectivity index (χ1n) is 3.97. The molecule has 1 aromatic heterocycles. The lowest BCUT2D eigenvalue weighted by atomic mass is 10.2. The Morgan fingerprint density at radius 2 is 2.25 bits per heavy atom. The fourth-order valence-electron chi connectivity index (χ4n) is 1.18. The minimum Gasteiger partial charge on any atom is -0.477 e. The maximum absolute atomic E-state index is 10.5. The van der Waals surface area contributed by atoms with Crippen LogP contribution in [-0.4, -0.2) is 16.1 Å². The van der Waals surface area contributed by atoms with Gasteiger partial charge in [0.15, 0.2) is 0 Å². The van der Waals surface area contributed by atoms with Gasteiger partial charge in [-0.05, 0) is 25.0 Å². The summed E-state index contributed by atoms with van der Waals surface area (Å²) >= 11 is 0. The second-order valence-electron chi connectivity index (χ2n) is 3.03. The number of carboxylic acid groups (broad SMARTS) is 1. The molecule has 0 aliphatic heterocycles. The zero-order valence-electron chi connectivity index (χ0n) is 6.53. The van der Waals surface area contributed by atoms with Crippen molar-refractivity contribution in [3.05, 3.63) is 29.6 Å². The molecule has 1 aromatic rings. The zero-order chi connectivity index (χ0) is 8.55. The van der Waals surface area contributed by atoms with E-state index in [1.807, 2.05) is 6.07 Å². The van der Waals surface area contributed by atoms with Crippen LogP contribution in [0.2, 0.25) is 0 Å². The molecule has 1 saturated carbocycles. The third-order valence-corrected chi connectivity index (χ3v) is 1.99. The summed E-state index contributed by atoms with van der Waals surface area (Å²) in [4.78, 5) is 14.6. The molecule has 62 valence electrons. The molecule has 0 radical (unpaired) electrons. The SMILES string of the molecule is O=C(O)c1cccc(C2CC2)n1. The number of aromatic carboxylic acids is 1. The van der Waals surface area contributed by atoms with Crippen LogP contribution in [0.15, 0.2) is 18.2 Å². The van der Waals surface area contributed by atoms with Crippen molar-refractivity contribution in [3.8, 4) is 0 Å². The van der Waals surface area contributed by atoms with Crippen molar-refractivity contribution in [2.75, 3.05) is 0 Å². The largest absolute Gasteiger partial charge is 0.477 e. The summed E-state index contributed by atoms with van der Waals surface area (Å²) in [5, 5.41) is 8.65. The molecule has 0 atom stereocenters. The topological polar surface area (TPSA) is 50.2 Å². The average Bonchev–Trinajstić information content (AvgIpc) is 2.87. The molecule has 1 N–H and O–H groups in total. The summed E-state index contributed by atoms with van der Waals surface area (Å²) in [6.07, 6.45) is 2.30. The summed E-state index contributed by atoms with van der Waals surface area (Å²) in [5.41, 5.74) is 1.08. The maximum Gasteiger partial charge on any atom is 0.354 e. The number of carboxylic acids is 1. The molecule has 0 saturated heterocycles. The van der Waals surface area contributed by atoms with E-state index < -0.39 is 5.97 Å². The van der Waals surface area contributed by atoms with Crippen LogP contribution in [0.25, 0.3) is 0 Å². The van der Waals surface area contributed by atoms with Crippen LogP contribution in [0.3, 0.4) is 0 Å². The van der Waals surface area contributed by atoms with Gasteiger partial charge in [0.2, 0.25) is 0 Å². The number of nitrogens with zero attached hydrogens (tertiary/aromatic N) is 1. The first-order chi connectivity index (χ1) is 5.77. The van der Waals surface area contributed by atoms with E-state index in [-0.39, 0.29) is 5.69 Å². The van der Waals surface area contributed by atoms with Gasteiger partial charge in [0, 0.05) is 11.6 Å². The molecule has 0 amide bonds. The Kier molecular flexibility index (Phi) is 1.57. The molecule has 12 heavy (non-hydrogen) atoms. The highest BCUT2D eigenvalue weighted by molar-refractivity contribution is 5.85. The van der Waals surface area contributed by atoms with Crippen LogP contribution in [0, 0.1) is 0 Å². The van der Waals surface area contributed by atoms with Gasteiger partial charge in [-0.2, -0.15) is 0 Å². The standard InChI is InChI=1S/C9H9NO2/c11-9(12)8-3-1-2-7(10-8)6-4-5-6/h1-3,6H,4-5H2,(H,11,12). The number of aromatic nitrogens is 1. The van der Waals surface area contributed by atoms with Crippen LogP contribution in [0.5, 0.6) is 0 Å². The molecular weight excluding hydrogens is 154 g/mol. The van der Waals surface area contributed by atoms with Gasteiger partial charge in [-0.25, -0.2) is 9.78 Å². The Hall–Kier alpha value is -1.38. The first kappa shape index (κ1) is 7.28. The van der Waals surface area contributed by atoms with E-state index in [9.17, 15) is 4.79 Å². The lowest BCUT2D eigenvalue weighted by molar-refractivity contribution is 0.0690. The number of pyridine rings is 1. The maximum atomic E-state index is 10.5. The van der Waals surface area contributed by atoms with E-state index in [1.165, 1.54) is 6.07 Å². The molecule has 1 aliphatic carbocycles. The molecule has 1 aliphatic rings. The molecule has 1 heterocycles. The Balaban J connectivity index is 2.32. The van der Waals surface area contributed by atoms with E-state index in [1.54, 1.807) is 6.07 Å². The first-order valence-corrected chi connectivity index (χ1v) is 3.97. The monoisotopic (exact) mass is 163 g/mol. The second kappa shape index (κ2) is 2.59. The predicted octanol–water partition coefficient (Wildman–Crippen LogP) is 1.66. The van der Waals surface area contributed by atoms with E-state index >= 15 is 0 Å². The van der Waals surface area contributed by atoms with Gasteiger partial charge in [-0.1, -0.05) is 6.07 Å². The number of hydrogen-bond acceptors (Lipinski definition) is 2. The molecule has 3 heteroatoms. The lowest BCUT2D eigenvalue weighted by Crippen LogP contribution is -2.01. The minimum atomic E-state index is -0.947. The van der Waals surface area contributed by atoms with Crippen molar-refractivity contribution in [3.63, 3.8) is 0 Å². The number of rotatable bonds is 2. The summed E-state index contributed by atoms with van der Waals surface area (Å²) < 4.78 is 0. The number of hydrogen-bond donors (Lipinski definition) is 1. The molecule has 0 spiro atoms. The average molecular weight is 163 g/mol. The van der Waals surface area contributed by atoms with E-state index in [0.29, 0.717) is 5.92 Å². The highest BCUT2D eigenvalue weighted by atomic mass is 16.4. The number of carbonyl (C=O) groups is 1. The van der Waals surface area contributed by atoms with Gasteiger partial charge < -0.3 is 5.11 Å². The normalized spacial score (nSPS) is 16.0. The van der Waals surface area contributed by atoms with Crippen molar-refractivity contribution < 1.29 is 9.90 Å². The minimum absolute atomic E-state index is 0.152. The molecule has 0 unspecified atom stereocenters. The fourth-order valence-corrected chi connectivity index (χ4v) is 1.18. The summed E-state index contributed by atoms with van der Waals surface area (Å²) in [7, 11) is 0. The molecule has 3 nitrogen and oxygen atoms in total. The van der Waals surface area contributed by atoms with Crippen molar-refractivity contribution in [1.82, 2.24) is 4.98 Å². The smallest absolute Gasteiger partial charge is 0.354 e. The van der Waals surface area contributed by atoms with Crippen LogP contribution in [0.4, 0.5) is 0 Å². The molecule has 0 aromatic carbocycles. The van der Waals surface area contributed by atoms with Crippen LogP contribution < -0.4 is 0 Å². The van der Waals surface area contributed by atoms with Crippen molar-refractivity contribution in [1.29, 1.82) is 0 Å². The highest BCUT2D eigenvalue weighted by Gasteiger charge is 2.25. The molecule has 2 rings (SSSR count). The summed E-state index contributed by atoms with van der Waals surface area (Å²) in [6, 6.07) is 5.17. The van der Waals surface area contributed by atoms with Crippen LogP contribution in [-0.2, 0) is 0 Å². The molecule has 0 bridgehead atoms. The van der Waals surface area contributed by atoms with E-state index in [0.717, 1.165) is 18.5 Å². The summed E-state index contributed by atoms with van der Waals surface area (Å²) in [6.45, 7) is 0. The summed E-state index contributed by atoms with van der Waals surface area (Å²) in [5.74, 6) is -0.429. The zero-order valence-corrected chi connectivity index (χ0v) is 6.53. The molecular formula is C9H9NO2. The van der Waals surface area contributed by atoms with Crippen LogP contribution in [0.1, 0.15) is 34.9 Å². The Labute approximate surface area is 70.1 Å². The van der Waals surface area contributed by atoms with Gasteiger partial charge in [-0.15, -0.1) is 0 Å². The van der Waals surface area contributed by atoms with Gasteiger partial charge in [-0.3, -0.25) is 0 Å². The van der Waals surface area contributed by atoms with Gasteiger partial charge in [0.1, 0.15) is 5.69 Å². The third-order valence-electron chi connectivity index (χ3n) is 1.99. The Morgan fingerprint density at radius 1 is 1.50 bits per heavy atom. The van der Waals surface area contributed by atoms with Crippen molar-refractivity contribution >= 4 is 5.97 Å². The lowest BCUT2D eigenvalue weighted by Gasteiger charge is -1.97. The Bertz CT molecular complexity index is 318. The highest BCUT2D eigenvalue weighted by Crippen LogP contribution is 2.38. The second-order valence-corrected chi connectivity index (χ2v) is 3.03. The quantitative estimate of drug-likeness (QED) is 0.721. The van der Waals surface area contributed by atoms with Gasteiger partial charge in [0.25, 0.3) is 0 Å². The third kappa shape index (κ3) is 1.30. The predicted molar refractivity (Wildman–Crippen MR) is 43.2 cm³/mol. The molecule has 1 fully saturated rings. The van der Waals surface area contributed by atoms with Crippen molar-refractivity contribution in [2.24, 2.45) is 0 Å². The Morgan fingerprint density at radius 3 is 2.83 bits per heavy atom. The van der Waals surface area contributed by atoms with Gasteiger partial charge >= 0.3 is 5.97 Å². The van der Waals surface area contributed by atoms with Gasteiger partial charge in [0.05, 0.1) is 0 Å². The fraction of sp³-hybridized carbons (Fsp3) is 0.333. The van der Waals surface area contributed by atoms with E-state index in [4.69, 9.17) is 5.11 Å². The van der Waals surface area contributed by atoms with E-state index in [2.05, 4.69) is 4.98 Å². The van der Waals surface area contributed by atoms with Crippen LogP contribution >= 0.6 is 0 Å².